The fourth-order valence-corrected chi connectivity index (χ4v) is 4.40. The average Bonchev–Trinajstić information content (AvgIpc) is 3.32. The number of benzene rings is 1. The number of esters is 1. The average molecular weight is 628 g/mol. The molecule has 6 amide bonds. The molecule has 0 saturated heterocycles. The lowest BCUT2D eigenvalue weighted by Gasteiger charge is -2.25. The summed E-state index contributed by atoms with van der Waals surface area (Å²) in [5.74, 6) is -2.80. The Hall–Kier alpha value is -4.55. The van der Waals surface area contributed by atoms with Gasteiger partial charge < -0.3 is 26.0 Å². The Bertz CT molecular complexity index is 1210. The summed E-state index contributed by atoms with van der Waals surface area (Å²) in [7, 11) is 0. The van der Waals surface area contributed by atoms with Crippen molar-refractivity contribution in [2.75, 3.05) is 18.4 Å². The van der Waals surface area contributed by atoms with Crippen LogP contribution in [-0.4, -0.2) is 72.0 Å². The van der Waals surface area contributed by atoms with Crippen LogP contribution in [0.25, 0.3) is 0 Å². The highest BCUT2D eigenvalue weighted by Crippen LogP contribution is 2.14. The molecule has 246 valence electrons. The van der Waals surface area contributed by atoms with Crippen molar-refractivity contribution in [1.82, 2.24) is 20.9 Å². The van der Waals surface area contributed by atoms with Crippen molar-refractivity contribution in [2.24, 2.45) is 11.8 Å². The first-order valence-electron chi connectivity index (χ1n) is 15.3. The highest BCUT2D eigenvalue weighted by molar-refractivity contribution is 6.12. The lowest BCUT2D eigenvalue weighted by Crippen LogP contribution is -2.54. The third-order valence-electron chi connectivity index (χ3n) is 7.06. The van der Waals surface area contributed by atoms with Crippen LogP contribution in [0.2, 0.25) is 0 Å². The topological polar surface area (TPSA) is 180 Å². The van der Waals surface area contributed by atoms with E-state index in [2.05, 4.69) is 21.3 Å². The number of nitrogens with one attached hydrogen (secondary N) is 4. The number of amides is 6. The standard InChI is InChI=1S/C32H45N5O8/c1-21(2)29(36-26(39)10-6-5-7-18-37-27(40)15-16-28(37)41)31(43)35-25(9-8-17-33-20-38)30(42)34-24-13-11-23(12-14-24)19-45-32(44)22(3)4/h11-16,20-22,25,29H,5-10,17-19H2,1-4H3,(H,33,38)(H,34,42)(H,35,43)(H,36,39). The molecule has 13 heteroatoms. The van der Waals surface area contributed by atoms with Crippen molar-refractivity contribution in [3.63, 3.8) is 0 Å². The first-order chi connectivity index (χ1) is 21.4. The molecule has 2 unspecified atom stereocenters. The molecule has 1 aromatic rings. The van der Waals surface area contributed by atoms with Gasteiger partial charge in [-0.05, 0) is 49.3 Å². The molecule has 0 bridgehead atoms. The highest BCUT2D eigenvalue weighted by atomic mass is 16.5. The maximum Gasteiger partial charge on any atom is 0.308 e. The monoisotopic (exact) mass is 627 g/mol. The molecule has 0 radical (unpaired) electrons. The normalized spacial score (nSPS) is 13.9. The minimum atomic E-state index is -0.943. The molecular formula is C32H45N5O8. The van der Waals surface area contributed by atoms with Crippen LogP contribution in [0, 0.1) is 11.8 Å². The molecule has 0 aromatic heterocycles. The quantitative estimate of drug-likeness (QED) is 0.0733. The maximum atomic E-state index is 13.3. The van der Waals surface area contributed by atoms with Gasteiger partial charge in [0.1, 0.15) is 18.7 Å². The van der Waals surface area contributed by atoms with Gasteiger partial charge in [0.2, 0.25) is 24.1 Å². The third-order valence-corrected chi connectivity index (χ3v) is 7.06. The van der Waals surface area contributed by atoms with Gasteiger partial charge in [-0.2, -0.15) is 0 Å². The van der Waals surface area contributed by atoms with E-state index in [9.17, 15) is 33.6 Å². The number of imide groups is 1. The predicted octanol–water partition coefficient (Wildman–Crippen LogP) is 1.96. The zero-order valence-electron chi connectivity index (χ0n) is 26.4. The second-order valence-corrected chi connectivity index (χ2v) is 11.5. The van der Waals surface area contributed by atoms with E-state index in [0.29, 0.717) is 44.3 Å². The van der Waals surface area contributed by atoms with Crippen LogP contribution >= 0.6 is 0 Å². The van der Waals surface area contributed by atoms with Gasteiger partial charge in [-0.15, -0.1) is 0 Å². The van der Waals surface area contributed by atoms with Crippen molar-refractivity contribution in [1.29, 1.82) is 0 Å². The summed E-state index contributed by atoms with van der Waals surface area (Å²) < 4.78 is 5.22. The summed E-state index contributed by atoms with van der Waals surface area (Å²) in [6, 6.07) is 4.94. The second kappa shape index (κ2) is 19.0. The Morgan fingerprint density at radius 2 is 1.53 bits per heavy atom. The Balaban J connectivity index is 1.92. The van der Waals surface area contributed by atoms with E-state index in [1.165, 1.54) is 12.2 Å². The predicted molar refractivity (Wildman–Crippen MR) is 166 cm³/mol. The fraction of sp³-hybridized carbons (Fsp3) is 0.531. The molecule has 1 heterocycles. The van der Waals surface area contributed by atoms with E-state index >= 15 is 0 Å². The molecule has 0 fully saturated rings. The summed E-state index contributed by atoms with van der Waals surface area (Å²) in [6.45, 7) is 7.76. The summed E-state index contributed by atoms with van der Waals surface area (Å²) in [5, 5.41) is 10.8. The van der Waals surface area contributed by atoms with E-state index < -0.39 is 23.9 Å². The Morgan fingerprint density at radius 1 is 0.867 bits per heavy atom. The van der Waals surface area contributed by atoms with Gasteiger partial charge in [0.05, 0.1) is 5.92 Å². The van der Waals surface area contributed by atoms with Gasteiger partial charge in [0, 0.05) is 37.3 Å². The summed E-state index contributed by atoms with van der Waals surface area (Å²) in [6.07, 6.45) is 5.52. The Kier molecular flexibility index (Phi) is 15.4. The van der Waals surface area contributed by atoms with Crippen LogP contribution in [0.15, 0.2) is 36.4 Å². The number of carbonyl (C=O) groups is 7. The first-order valence-corrected chi connectivity index (χ1v) is 15.3. The molecule has 13 nitrogen and oxygen atoms in total. The molecule has 2 atom stereocenters. The number of hydrogen-bond acceptors (Lipinski definition) is 8. The van der Waals surface area contributed by atoms with E-state index in [1.807, 2.05) is 0 Å². The van der Waals surface area contributed by atoms with Crippen LogP contribution in [0.3, 0.4) is 0 Å². The molecule has 1 aromatic carbocycles. The van der Waals surface area contributed by atoms with Gasteiger partial charge in [-0.1, -0.05) is 46.2 Å². The van der Waals surface area contributed by atoms with E-state index in [-0.39, 0.29) is 61.5 Å². The van der Waals surface area contributed by atoms with E-state index in [1.54, 1.807) is 52.0 Å². The summed E-state index contributed by atoms with van der Waals surface area (Å²) >= 11 is 0. The molecule has 0 aliphatic carbocycles. The summed E-state index contributed by atoms with van der Waals surface area (Å²) in [4.78, 5) is 86.0. The SMILES string of the molecule is CC(C)C(=O)OCc1ccc(NC(=O)C(CCCNC=O)NC(=O)C(NC(=O)CCCCCN2C(=O)C=CC2=O)C(C)C)cc1. The first kappa shape index (κ1) is 36.6. The number of carbonyl (C=O) groups excluding carboxylic acids is 7. The van der Waals surface area contributed by atoms with Gasteiger partial charge >= 0.3 is 5.97 Å². The van der Waals surface area contributed by atoms with Crippen molar-refractivity contribution < 1.29 is 38.3 Å². The molecule has 1 aliphatic rings. The molecule has 4 N–H and O–H groups in total. The van der Waals surface area contributed by atoms with E-state index in [0.717, 1.165) is 10.5 Å². The van der Waals surface area contributed by atoms with Gasteiger partial charge in [-0.3, -0.25) is 38.5 Å². The smallest absolute Gasteiger partial charge is 0.308 e. The number of unbranched alkanes of at least 4 members (excludes halogenated alkanes) is 2. The number of anilines is 1. The minimum Gasteiger partial charge on any atom is -0.461 e. The van der Waals surface area contributed by atoms with Gasteiger partial charge in [0.25, 0.3) is 11.8 Å². The lowest BCUT2D eigenvalue weighted by atomic mass is 10.0. The molecule has 2 rings (SSSR count). The molecule has 0 saturated carbocycles. The van der Waals surface area contributed by atoms with Crippen molar-refractivity contribution in [3.8, 4) is 0 Å². The lowest BCUT2D eigenvalue weighted by molar-refractivity contribution is -0.148. The van der Waals surface area contributed by atoms with Crippen LogP contribution in [0.1, 0.15) is 71.8 Å². The second-order valence-electron chi connectivity index (χ2n) is 11.5. The number of hydrogen-bond donors (Lipinski definition) is 4. The maximum absolute atomic E-state index is 13.3. The van der Waals surface area contributed by atoms with Crippen molar-refractivity contribution in [2.45, 2.75) is 84.9 Å². The highest BCUT2D eigenvalue weighted by Gasteiger charge is 2.29. The molecular weight excluding hydrogens is 582 g/mol. The van der Waals surface area contributed by atoms with Gasteiger partial charge in [0.15, 0.2) is 0 Å². The van der Waals surface area contributed by atoms with Crippen LogP contribution in [-0.2, 0) is 44.9 Å². The zero-order valence-corrected chi connectivity index (χ0v) is 26.4. The summed E-state index contributed by atoms with van der Waals surface area (Å²) in [5.41, 5.74) is 1.23. The van der Waals surface area contributed by atoms with Crippen LogP contribution in [0.5, 0.6) is 0 Å². The molecule has 45 heavy (non-hydrogen) atoms. The zero-order chi connectivity index (χ0) is 33.4. The largest absolute Gasteiger partial charge is 0.461 e. The number of rotatable bonds is 20. The van der Waals surface area contributed by atoms with Crippen molar-refractivity contribution in [3.05, 3.63) is 42.0 Å². The third kappa shape index (κ3) is 12.9. The molecule has 0 spiro atoms. The van der Waals surface area contributed by atoms with Crippen molar-refractivity contribution >= 4 is 47.6 Å². The van der Waals surface area contributed by atoms with Crippen LogP contribution in [0.4, 0.5) is 5.69 Å². The van der Waals surface area contributed by atoms with E-state index in [4.69, 9.17) is 4.74 Å². The van der Waals surface area contributed by atoms with Gasteiger partial charge in [-0.25, -0.2) is 0 Å². The fourth-order valence-electron chi connectivity index (χ4n) is 4.40. The Morgan fingerprint density at radius 3 is 2.13 bits per heavy atom. The number of nitrogens with zero attached hydrogens (tertiary/aromatic N) is 1. The number of ether oxygens (including phenoxy) is 1. The minimum absolute atomic E-state index is 0.105. The van der Waals surface area contributed by atoms with Crippen LogP contribution < -0.4 is 21.3 Å². The molecule has 1 aliphatic heterocycles. The Labute approximate surface area is 263 Å².